The molecule has 0 aliphatic carbocycles. The molecule has 0 aliphatic rings. The average molecular weight is 706 g/mol. The SMILES string of the molecule is CC[C@H](C)[C@H](N)C(=O)N[C@@H](C)C(=O)N[C@@H](CC(C)C)C(=O)N[C@@H](Cc1ccc(O)cc1)C(=O)N[C@@H](CC(C)C)C(=O)N[C@@H](CC(N)=O)C(=O)O. The number of phenolic OH excluding ortho intramolecular Hbond substituents is 1. The average Bonchev–Trinajstić information content (AvgIpc) is 3.02. The number of carboxylic acid groups (broad SMARTS) is 1. The summed E-state index contributed by atoms with van der Waals surface area (Å²) in [6, 6.07) is -1.28. The van der Waals surface area contributed by atoms with Crippen LogP contribution in [-0.2, 0) is 40.0 Å². The van der Waals surface area contributed by atoms with E-state index in [2.05, 4.69) is 26.6 Å². The maximum atomic E-state index is 13.8. The fourth-order valence-electron chi connectivity index (χ4n) is 4.89. The highest BCUT2D eigenvalue weighted by molar-refractivity contribution is 5.96. The molecule has 280 valence electrons. The fraction of sp³-hybridized carbons (Fsp3) is 0.618. The minimum Gasteiger partial charge on any atom is -0.508 e. The van der Waals surface area contributed by atoms with E-state index in [1.165, 1.54) is 19.1 Å². The molecule has 0 saturated heterocycles. The second-order valence-corrected chi connectivity index (χ2v) is 13.5. The highest BCUT2D eigenvalue weighted by atomic mass is 16.4. The number of aliphatic carboxylic acids is 1. The van der Waals surface area contributed by atoms with E-state index in [4.69, 9.17) is 11.5 Å². The lowest BCUT2D eigenvalue weighted by atomic mass is 9.99. The lowest BCUT2D eigenvalue weighted by Gasteiger charge is -2.28. The van der Waals surface area contributed by atoms with Gasteiger partial charge in [-0.15, -0.1) is 0 Å². The summed E-state index contributed by atoms with van der Waals surface area (Å²) in [7, 11) is 0. The van der Waals surface area contributed by atoms with Gasteiger partial charge in [-0.1, -0.05) is 60.1 Å². The number of rotatable bonds is 21. The maximum Gasteiger partial charge on any atom is 0.326 e. The van der Waals surface area contributed by atoms with Crippen LogP contribution in [0.1, 0.15) is 79.7 Å². The zero-order chi connectivity index (χ0) is 38.3. The third kappa shape index (κ3) is 15.2. The van der Waals surface area contributed by atoms with E-state index in [0.29, 0.717) is 12.0 Å². The minimum atomic E-state index is -1.63. The van der Waals surface area contributed by atoms with Crippen LogP contribution < -0.4 is 38.1 Å². The van der Waals surface area contributed by atoms with Gasteiger partial charge in [-0.05, 0) is 55.2 Å². The highest BCUT2D eigenvalue weighted by Gasteiger charge is 2.33. The molecule has 0 aromatic heterocycles. The standard InChI is InChI=1S/C34H55N7O9/c1-8-19(6)28(36)33(48)37-20(7)29(44)38-23(13-17(2)3)30(45)40-25(15-21-9-11-22(42)12-10-21)32(47)39-24(14-18(4)5)31(46)41-26(34(49)50)16-27(35)43/h9-12,17-20,23-26,28,42H,8,13-16,36H2,1-7H3,(H2,35,43)(H,37,48)(H,38,44)(H,39,47)(H,40,45)(H,41,46)(H,49,50)/t19-,20-,23-,24-,25-,26-,28-/m0/s1. The minimum absolute atomic E-state index is 0.0255. The number of hydrogen-bond acceptors (Lipinski definition) is 9. The van der Waals surface area contributed by atoms with Gasteiger partial charge in [0.1, 0.15) is 36.0 Å². The Hall–Kier alpha value is -4.73. The number of primary amides is 1. The van der Waals surface area contributed by atoms with E-state index in [-0.39, 0.29) is 42.8 Å². The van der Waals surface area contributed by atoms with Crippen LogP contribution >= 0.6 is 0 Å². The summed E-state index contributed by atoms with van der Waals surface area (Å²) < 4.78 is 0. The summed E-state index contributed by atoms with van der Waals surface area (Å²) in [5, 5.41) is 32.0. The van der Waals surface area contributed by atoms with Gasteiger partial charge in [0.15, 0.2) is 0 Å². The molecule has 11 N–H and O–H groups in total. The molecule has 0 spiro atoms. The number of nitrogens with one attached hydrogen (secondary N) is 5. The first-order valence-corrected chi connectivity index (χ1v) is 16.8. The first-order chi connectivity index (χ1) is 23.2. The molecule has 0 bridgehead atoms. The fourth-order valence-corrected chi connectivity index (χ4v) is 4.89. The van der Waals surface area contributed by atoms with E-state index < -0.39 is 84.1 Å². The van der Waals surface area contributed by atoms with Crippen molar-refractivity contribution >= 4 is 41.4 Å². The van der Waals surface area contributed by atoms with Crippen molar-refractivity contribution in [2.75, 3.05) is 0 Å². The van der Waals surface area contributed by atoms with Crippen LogP contribution in [0.15, 0.2) is 24.3 Å². The van der Waals surface area contributed by atoms with Crippen molar-refractivity contribution < 1.29 is 43.8 Å². The molecule has 0 radical (unpaired) electrons. The molecule has 16 heteroatoms. The lowest BCUT2D eigenvalue weighted by Crippen LogP contribution is -2.60. The number of aromatic hydroxyl groups is 1. The smallest absolute Gasteiger partial charge is 0.326 e. The Balaban J connectivity index is 3.32. The summed E-state index contributed by atoms with van der Waals surface area (Å²) in [6.07, 6.45) is 0.157. The molecule has 1 rings (SSSR count). The number of carbonyl (C=O) groups excluding carboxylic acids is 6. The molecule has 50 heavy (non-hydrogen) atoms. The van der Waals surface area contributed by atoms with Crippen molar-refractivity contribution in [3.63, 3.8) is 0 Å². The third-order valence-electron chi connectivity index (χ3n) is 8.02. The van der Waals surface area contributed by atoms with Crippen molar-refractivity contribution in [1.29, 1.82) is 0 Å². The van der Waals surface area contributed by atoms with Crippen molar-refractivity contribution in [2.24, 2.45) is 29.2 Å². The topological polar surface area (TPSA) is 272 Å². The molecule has 0 heterocycles. The summed E-state index contributed by atoms with van der Waals surface area (Å²) in [6.45, 7) is 12.4. The summed E-state index contributed by atoms with van der Waals surface area (Å²) in [5.74, 6) is -6.35. The number of benzene rings is 1. The second-order valence-electron chi connectivity index (χ2n) is 13.5. The predicted molar refractivity (Wildman–Crippen MR) is 185 cm³/mol. The third-order valence-corrected chi connectivity index (χ3v) is 8.02. The summed E-state index contributed by atoms with van der Waals surface area (Å²) in [5.41, 5.74) is 11.7. The van der Waals surface area contributed by atoms with Gasteiger partial charge in [0.25, 0.3) is 0 Å². The number of amides is 6. The lowest BCUT2D eigenvalue weighted by molar-refractivity contribution is -0.144. The second kappa shape index (κ2) is 20.7. The van der Waals surface area contributed by atoms with Crippen LogP contribution in [0.25, 0.3) is 0 Å². The Morgan fingerprint density at radius 2 is 1.10 bits per heavy atom. The van der Waals surface area contributed by atoms with Crippen LogP contribution in [0.4, 0.5) is 0 Å². The Morgan fingerprint density at radius 1 is 0.660 bits per heavy atom. The zero-order valence-corrected chi connectivity index (χ0v) is 29.9. The molecule has 16 nitrogen and oxygen atoms in total. The van der Waals surface area contributed by atoms with E-state index in [0.717, 1.165) is 0 Å². The Morgan fingerprint density at radius 3 is 1.54 bits per heavy atom. The van der Waals surface area contributed by atoms with Gasteiger partial charge in [-0.3, -0.25) is 28.8 Å². The number of phenols is 1. The first kappa shape index (κ1) is 43.3. The molecule has 1 aromatic rings. The van der Waals surface area contributed by atoms with E-state index >= 15 is 0 Å². The molecule has 0 saturated carbocycles. The van der Waals surface area contributed by atoms with Crippen molar-refractivity contribution in [1.82, 2.24) is 26.6 Å². The van der Waals surface area contributed by atoms with Gasteiger partial charge >= 0.3 is 5.97 Å². The highest BCUT2D eigenvalue weighted by Crippen LogP contribution is 2.14. The van der Waals surface area contributed by atoms with Crippen LogP contribution in [-0.4, -0.2) is 87.9 Å². The Kier molecular flexibility index (Phi) is 17.9. The Bertz CT molecular complexity index is 1340. The number of hydrogen-bond donors (Lipinski definition) is 9. The molecule has 7 atom stereocenters. The van der Waals surface area contributed by atoms with Crippen molar-refractivity contribution in [3.05, 3.63) is 29.8 Å². The molecule has 0 aliphatic heterocycles. The van der Waals surface area contributed by atoms with Gasteiger partial charge < -0.3 is 48.3 Å². The quantitative estimate of drug-likeness (QED) is 0.0813. The summed E-state index contributed by atoms with van der Waals surface area (Å²) in [4.78, 5) is 89.5. The van der Waals surface area contributed by atoms with Crippen molar-refractivity contribution in [2.45, 2.75) is 117 Å². The van der Waals surface area contributed by atoms with Gasteiger partial charge in [-0.25, -0.2) is 4.79 Å². The van der Waals surface area contributed by atoms with Crippen LogP contribution in [0.5, 0.6) is 5.75 Å². The molecule has 0 unspecified atom stereocenters. The molecule has 6 amide bonds. The molecular weight excluding hydrogens is 650 g/mol. The van der Waals surface area contributed by atoms with E-state index in [1.807, 2.05) is 27.7 Å². The monoisotopic (exact) mass is 705 g/mol. The van der Waals surface area contributed by atoms with Crippen molar-refractivity contribution in [3.8, 4) is 5.75 Å². The summed E-state index contributed by atoms with van der Waals surface area (Å²) >= 11 is 0. The number of carbonyl (C=O) groups is 7. The van der Waals surface area contributed by atoms with Crippen LogP contribution in [0.2, 0.25) is 0 Å². The first-order valence-electron chi connectivity index (χ1n) is 16.8. The largest absolute Gasteiger partial charge is 0.508 e. The van der Waals surface area contributed by atoms with E-state index in [9.17, 15) is 43.8 Å². The normalized spacial score (nSPS) is 15.4. The predicted octanol–water partition coefficient (Wildman–Crippen LogP) is -0.196. The number of carboxylic acids is 1. The molecule has 1 aromatic carbocycles. The van der Waals surface area contributed by atoms with E-state index in [1.54, 1.807) is 26.0 Å². The zero-order valence-electron chi connectivity index (χ0n) is 29.9. The van der Waals surface area contributed by atoms with Gasteiger partial charge in [0.2, 0.25) is 35.4 Å². The number of nitrogens with two attached hydrogens (primary N) is 2. The molecule has 0 fully saturated rings. The Labute approximate surface area is 293 Å². The van der Waals surface area contributed by atoms with Crippen LogP contribution in [0, 0.1) is 17.8 Å². The van der Waals surface area contributed by atoms with Gasteiger partial charge in [0, 0.05) is 6.42 Å². The van der Waals surface area contributed by atoms with Gasteiger partial charge in [-0.2, -0.15) is 0 Å². The van der Waals surface area contributed by atoms with Gasteiger partial charge in [0.05, 0.1) is 12.5 Å². The maximum absolute atomic E-state index is 13.8. The van der Waals surface area contributed by atoms with Crippen LogP contribution in [0.3, 0.4) is 0 Å². The molecular formula is C34H55N7O9.